The van der Waals surface area contributed by atoms with Gasteiger partial charge in [-0.2, -0.15) is 4.31 Å². The van der Waals surface area contributed by atoms with Gasteiger partial charge in [0.2, 0.25) is 15.9 Å². The average molecular weight is 641 g/mol. The molecule has 1 saturated carbocycles. The van der Waals surface area contributed by atoms with Crippen molar-refractivity contribution < 1.29 is 22.7 Å². The summed E-state index contributed by atoms with van der Waals surface area (Å²) in [5.74, 6) is -0.302. The summed E-state index contributed by atoms with van der Waals surface area (Å²) in [6, 6.07) is 23.1. The zero-order chi connectivity index (χ0) is 28.8. The number of carbonyl (C=O) groups is 2. The van der Waals surface area contributed by atoms with Crippen molar-refractivity contribution in [3.05, 3.63) is 88.9 Å². The highest BCUT2D eigenvalue weighted by Crippen LogP contribution is 2.34. The van der Waals surface area contributed by atoms with E-state index < -0.39 is 22.0 Å². The quantitative estimate of drug-likeness (QED) is 0.358. The number of benzene rings is 3. The fourth-order valence-corrected chi connectivity index (χ4v) is 7.33. The molecule has 0 radical (unpaired) electrons. The lowest BCUT2D eigenvalue weighted by atomic mass is 9.95. The van der Waals surface area contributed by atoms with Gasteiger partial charge in [0.05, 0.1) is 23.7 Å². The summed E-state index contributed by atoms with van der Waals surface area (Å²) in [5, 5.41) is 2.92. The second-order valence-corrected chi connectivity index (χ2v) is 13.2. The Bertz CT molecular complexity index is 1460. The predicted octanol–water partition coefficient (Wildman–Crippen LogP) is 4.93. The van der Waals surface area contributed by atoms with Crippen LogP contribution in [0.15, 0.2) is 88.2 Å². The second-order valence-electron chi connectivity index (χ2n) is 10.4. The van der Waals surface area contributed by atoms with Gasteiger partial charge in [0.15, 0.2) is 6.10 Å². The molecule has 0 bridgehead atoms. The molecule has 2 amide bonds. The van der Waals surface area contributed by atoms with E-state index >= 15 is 0 Å². The summed E-state index contributed by atoms with van der Waals surface area (Å²) in [4.78, 5) is 28.7. The summed E-state index contributed by atoms with van der Waals surface area (Å²) < 4.78 is 35.9. The zero-order valence-electron chi connectivity index (χ0n) is 22.7. The Balaban J connectivity index is 1.35. The van der Waals surface area contributed by atoms with Crippen LogP contribution in [-0.2, 0) is 26.0 Å². The van der Waals surface area contributed by atoms with Crippen molar-refractivity contribution in [2.24, 2.45) is 0 Å². The summed E-state index contributed by atoms with van der Waals surface area (Å²) in [5.41, 5.74) is 1.63. The molecule has 1 atom stereocenters. The SMILES string of the molecule is O=C(NCCc1ccccc1)[C@H]1CN(C(=O)CN(C2CCCCC2)S(=O)(=O)c2ccc(Br)cc2)c2ccccc2O1. The third kappa shape index (κ3) is 6.99. The lowest BCUT2D eigenvalue weighted by molar-refractivity contribution is -0.128. The van der Waals surface area contributed by atoms with E-state index in [0.29, 0.717) is 37.2 Å². The van der Waals surface area contributed by atoms with Crippen molar-refractivity contribution in [2.45, 2.75) is 55.6 Å². The molecule has 216 valence electrons. The maximum absolute atomic E-state index is 13.9. The van der Waals surface area contributed by atoms with Gasteiger partial charge < -0.3 is 15.0 Å². The number of anilines is 1. The van der Waals surface area contributed by atoms with E-state index in [1.54, 1.807) is 48.5 Å². The molecule has 0 unspecified atom stereocenters. The van der Waals surface area contributed by atoms with Crippen LogP contribution in [0, 0.1) is 0 Å². The molecule has 5 rings (SSSR count). The van der Waals surface area contributed by atoms with E-state index in [4.69, 9.17) is 4.74 Å². The Kier molecular flexibility index (Phi) is 9.42. The molecule has 0 spiro atoms. The Morgan fingerprint density at radius 2 is 1.61 bits per heavy atom. The maximum atomic E-state index is 13.9. The van der Waals surface area contributed by atoms with Crippen LogP contribution in [0.25, 0.3) is 0 Å². The van der Waals surface area contributed by atoms with Gasteiger partial charge >= 0.3 is 0 Å². The molecule has 2 aliphatic rings. The number of nitrogens with one attached hydrogen (secondary N) is 1. The van der Waals surface area contributed by atoms with Crippen LogP contribution in [0.2, 0.25) is 0 Å². The first-order valence-electron chi connectivity index (χ1n) is 14.0. The molecular formula is C31H34BrN3O5S. The Hall–Kier alpha value is -3.21. The zero-order valence-corrected chi connectivity index (χ0v) is 25.1. The molecule has 3 aromatic rings. The third-order valence-electron chi connectivity index (χ3n) is 7.62. The highest BCUT2D eigenvalue weighted by atomic mass is 79.9. The van der Waals surface area contributed by atoms with E-state index in [0.717, 1.165) is 29.3 Å². The molecular weight excluding hydrogens is 606 g/mol. The number of sulfonamides is 1. The number of rotatable bonds is 9. The highest BCUT2D eigenvalue weighted by Gasteiger charge is 2.38. The van der Waals surface area contributed by atoms with Crippen molar-refractivity contribution in [3.8, 4) is 5.75 Å². The molecule has 1 N–H and O–H groups in total. The number of para-hydroxylation sites is 2. The van der Waals surface area contributed by atoms with Crippen molar-refractivity contribution >= 4 is 43.5 Å². The smallest absolute Gasteiger partial charge is 0.262 e. The van der Waals surface area contributed by atoms with Gasteiger partial charge in [-0.15, -0.1) is 0 Å². The van der Waals surface area contributed by atoms with E-state index in [-0.39, 0.29) is 29.9 Å². The van der Waals surface area contributed by atoms with Crippen molar-refractivity contribution in [2.75, 3.05) is 24.5 Å². The summed E-state index contributed by atoms with van der Waals surface area (Å²) >= 11 is 3.36. The van der Waals surface area contributed by atoms with Gasteiger partial charge in [-0.3, -0.25) is 9.59 Å². The van der Waals surface area contributed by atoms with Gasteiger partial charge in [0, 0.05) is 17.1 Å². The lowest BCUT2D eigenvalue weighted by Gasteiger charge is -2.37. The van der Waals surface area contributed by atoms with Crippen LogP contribution in [0.4, 0.5) is 5.69 Å². The number of nitrogens with zero attached hydrogens (tertiary/aromatic N) is 2. The van der Waals surface area contributed by atoms with Crippen molar-refractivity contribution in [3.63, 3.8) is 0 Å². The van der Waals surface area contributed by atoms with E-state index in [1.165, 1.54) is 9.21 Å². The first-order chi connectivity index (χ1) is 19.8. The maximum Gasteiger partial charge on any atom is 0.262 e. The van der Waals surface area contributed by atoms with Crippen LogP contribution >= 0.6 is 15.9 Å². The number of hydrogen-bond acceptors (Lipinski definition) is 5. The van der Waals surface area contributed by atoms with Gasteiger partial charge in [0.1, 0.15) is 5.75 Å². The number of carbonyl (C=O) groups excluding carboxylic acids is 2. The van der Waals surface area contributed by atoms with Crippen LogP contribution < -0.4 is 15.0 Å². The predicted molar refractivity (Wildman–Crippen MR) is 161 cm³/mol. The minimum atomic E-state index is -3.94. The Labute approximate surface area is 249 Å². The summed E-state index contributed by atoms with van der Waals surface area (Å²) in [6.45, 7) is 0.1000. The van der Waals surface area contributed by atoms with Crippen molar-refractivity contribution in [1.29, 1.82) is 0 Å². The second kappa shape index (κ2) is 13.2. The standard InChI is InChI=1S/C31H34BrN3O5S/c32-24-15-17-26(18-16-24)41(38,39)35(25-11-5-2-6-12-25)22-30(36)34-21-29(40-28-14-8-7-13-27(28)34)31(37)33-20-19-23-9-3-1-4-10-23/h1,3-4,7-10,13-18,25,29H,2,5-6,11-12,19-22H2,(H,33,37)/t29-/m1/s1. The van der Waals surface area contributed by atoms with E-state index in [9.17, 15) is 18.0 Å². The molecule has 1 heterocycles. The average Bonchev–Trinajstić information content (AvgIpc) is 3.00. The summed E-state index contributed by atoms with van der Waals surface area (Å²) in [6.07, 6.45) is 4.03. The van der Waals surface area contributed by atoms with Gasteiger partial charge in [-0.05, 0) is 61.2 Å². The first kappa shape index (κ1) is 29.3. The Morgan fingerprint density at radius 1 is 0.927 bits per heavy atom. The minimum Gasteiger partial charge on any atom is -0.477 e. The van der Waals surface area contributed by atoms with Crippen LogP contribution in [0.1, 0.15) is 37.7 Å². The lowest BCUT2D eigenvalue weighted by Crippen LogP contribution is -2.54. The Morgan fingerprint density at radius 3 is 2.34 bits per heavy atom. The molecule has 1 fully saturated rings. The fourth-order valence-electron chi connectivity index (χ4n) is 5.44. The highest BCUT2D eigenvalue weighted by molar-refractivity contribution is 9.10. The van der Waals surface area contributed by atoms with Gasteiger partial charge in [-0.1, -0.05) is 77.7 Å². The molecule has 10 heteroatoms. The normalized spacial score (nSPS) is 17.5. The monoisotopic (exact) mass is 639 g/mol. The van der Waals surface area contributed by atoms with E-state index in [2.05, 4.69) is 21.2 Å². The van der Waals surface area contributed by atoms with Gasteiger partial charge in [-0.25, -0.2) is 8.42 Å². The van der Waals surface area contributed by atoms with Crippen LogP contribution in [0.5, 0.6) is 5.75 Å². The fraction of sp³-hybridized carbons (Fsp3) is 0.355. The van der Waals surface area contributed by atoms with Crippen molar-refractivity contribution in [1.82, 2.24) is 9.62 Å². The number of hydrogen-bond donors (Lipinski definition) is 1. The number of halogens is 1. The molecule has 1 aliphatic heterocycles. The molecule has 3 aromatic carbocycles. The minimum absolute atomic E-state index is 0.0101. The number of fused-ring (bicyclic) bond motifs is 1. The first-order valence-corrected chi connectivity index (χ1v) is 16.2. The van der Waals surface area contributed by atoms with E-state index in [1.807, 2.05) is 30.3 Å². The largest absolute Gasteiger partial charge is 0.477 e. The topological polar surface area (TPSA) is 96.0 Å². The van der Waals surface area contributed by atoms with Gasteiger partial charge in [0.25, 0.3) is 5.91 Å². The third-order valence-corrected chi connectivity index (χ3v) is 10.1. The molecule has 41 heavy (non-hydrogen) atoms. The number of ether oxygens (including phenoxy) is 1. The summed E-state index contributed by atoms with van der Waals surface area (Å²) in [7, 11) is -3.94. The van der Waals surface area contributed by atoms with Crippen LogP contribution in [-0.4, -0.2) is 56.3 Å². The molecule has 8 nitrogen and oxygen atoms in total. The molecule has 0 saturated heterocycles. The molecule has 1 aliphatic carbocycles. The number of amides is 2. The van der Waals surface area contributed by atoms with Crippen LogP contribution in [0.3, 0.4) is 0 Å². The molecule has 0 aromatic heterocycles.